The lowest BCUT2D eigenvalue weighted by atomic mass is 10.2. The summed E-state index contributed by atoms with van der Waals surface area (Å²) in [5.74, 6) is 2.12. The molecule has 11 heteroatoms. The van der Waals surface area contributed by atoms with E-state index in [4.69, 9.17) is 4.98 Å². The van der Waals surface area contributed by atoms with Gasteiger partial charge in [-0.05, 0) is 26.7 Å². The number of aryl methyl sites for hydroxylation is 2. The lowest BCUT2D eigenvalue weighted by Crippen LogP contribution is -2.42. The fourth-order valence-corrected chi connectivity index (χ4v) is 4.43. The Morgan fingerprint density at radius 3 is 2.59 bits per heavy atom. The average Bonchev–Trinajstić information content (AvgIpc) is 3.52. The number of likely N-dealkylation sites (tertiary alicyclic amines) is 2. The average molecular weight is 438 g/mol. The summed E-state index contributed by atoms with van der Waals surface area (Å²) in [4.78, 5) is 38.6. The third kappa shape index (κ3) is 3.72. The van der Waals surface area contributed by atoms with Crippen molar-refractivity contribution in [2.75, 3.05) is 31.5 Å². The Bertz CT molecular complexity index is 1130. The third-order valence-electron chi connectivity index (χ3n) is 6.12. The van der Waals surface area contributed by atoms with Gasteiger partial charge in [0.25, 0.3) is 0 Å². The number of hydrogen-bond donors (Lipinski definition) is 2. The number of hydrogen-bond acceptors (Lipinski definition) is 8. The van der Waals surface area contributed by atoms with E-state index in [1.807, 2.05) is 23.3 Å². The fraction of sp³-hybridized carbons (Fsp3) is 0.524. The van der Waals surface area contributed by atoms with E-state index in [1.54, 1.807) is 17.3 Å². The number of carbonyl (C=O) groups is 1. The summed E-state index contributed by atoms with van der Waals surface area (Å²) in [6.45, 7) is 6.88. The maximum absolute atomic E-state index is 12.7. The van der Waals surface area contributed by atoms with Crippen LogP contribution in [0.3, 0.4) is 0 Å². The van der Waals surface area contributed by atoms with Gasteiger partial charge in [-0.1, -0.05) is 0 Å². The lowest BCUT2D eigenvalue weighted by molar-refractivity contribution is 0.153. The summed E-state index contributed by atoms with van der Waals surface area (Å²) >= 11 is 0. The van der Waals surface area contributed by atoms with Crippen LogP contribution in [0.4, 0.5) is 10.6 Å². The number of amides is 2. The van der Waals surface area contributed by atoms with Crippen molar-refractivity contribution in [3.8, 4) is 11.4 Å². The number of β-amino-alcohol motifs (C(OH)–C–C–N with tert-alkyl or cyclic N) is 1. The highest BCUT2D eigenvalue weighted by Gasteiger charge is 2.33. The smallest absolute Gasteiger partial charge is 0.320 e. The monoisotopic (exact) mass is 437 g/mol. The Morgan fingerprint density at radius 1 is 1.12 bits per heavy atom. The number of fused-ring (bicyclic) bond motifs is 1. The minimum atomic E-state index is -0.411. The molecular formula is C21H27N9O2. The van der Waals surface area contributed by atoms with Gasteiger partial charge in [0.1, 0.15) is 18.0 Å². The molecule has 2 amide bonds. The first-order valence-corrected chi connectivity index (χ1v) is 11.0. The third-order valence-corrected chi connectivity index (χ3v) is 6.12. The number of nitrogens with one attached hydrogen (secondary N) is 1. The molecule has 3 aromatic rings. The molecule has 3 aromatic heterocycles. The number of aliphatic hydroxyl groups excluding tert-OH is 1. The molecule has 0 bridgehead atoms. The number of nitrogens with zero attached hydrogens (tertiary/aromatic N) is 8. The first kappa shape index (κ1) is 20.6. The molecule has 5 rings (SSSR count). The first-order valence-electron chi connectivity index (χ1n) is 11.0. The van der Waals surface area contributed by atoms with Gasteiger partial charge in [-0.2, -0.15) is 0 Å². The van der Waals surface area contributed by atoms with Gasteiger partial charge < -0.3 is 24.8 Å². The number of imidazole rings is 1. The van der Waals surface area contributed by atoms with Crippen LogP contribution in [0.25, 0.3) is 22.6 Å². The zero-order valence-electron chi connectivity index (χ0n) is 18.3. The van der Waals surface area contributed by atoms with Crippen molar-refractivity contribution in [2.24, 2.45) is 0 Å². The van der Waals surface area contributed by atoms with Crippen LogP contribution in [0.5, 0.6) is 0 Å². The van der Waals surface area contributed by atoms with Crippen molar-refractivity contribution in [1.29, 1.82) is 0 Å². The molecule has 11 nitrogen and oxygen atoms in total. The van der Waals surface area contributed by atoms with Gasteiger partial charge in [0.15, 0.2) is 17.0 Å². The molecule has 0 saturated carbocycles. The highest BCUT2D eigenvalue weighted by molar-refractivity contribution is 5.86. The Kier molecular flexibility index (Phi) is 5.33. The maximum atomic E-state index is 12.7. The molecule has 2 aliphatic rings. The zero-order chi connectivity index (χ0) is 22.2. The Morgan fingerprint density at radius 2 is 1.88 bits per heavy atom. The van der Waals surface area contributed by atoms with Crippen LogP contribution in [0.1, 0.15) is 25.6 Å². The van der Waals surface area contributed by atoms with Gasteiger partial charge in [-0.3, -0.25) is 0 Å². The predicted octanol–water partition coefficient (Wildman–Crippen LogP) is 1.28. The summed E-state index contributed by atoms with van der Waals surface area (Å²) in [5.41, 5.74) is 2.27. The molecule has 0 radical (unpaired) electrons. The zero-order valence-corrected chi connectivity index (χ0v) is 18.3. The molecule has 2 unspecified atom stereocenters. The van der Waals surface area contributed by atoms with Gasteiger partial charge in [-0.15, -0.1) is 0 Å². The van der Waals surface area contributed by atoms with E-state index >= 15 is 0 Å². The number of rotatable bonds is 4. The van der Waals surface area contributed by atoms with Gasteiger partial charge in [0.2, 0.25) is 0 Å². The van der Waals surface area contributed by atoms with Gasteiger partial charge in [0, 0.05) is 51.2 Å². The molecule has 32 heavy (non-hydrogen) atoms. The summed E-state index contributed by atoms with van der Waals surface area (Å²) in [6, 6.07) is 0.0677. The standard InChI is InChI=1S/C21H27N9O2/c1-3-30-19(14-8-22-13(2)23-9-14)27-17-18(24-12-25-20(17)30)26-15-4-6-28(10-15)21(32)29-7-5-16(31)11-29/h8-9,12,15-16,31H,3-7,10-11H2,1-2H3,(H,24,25,26). The van der Waals surface area contributed by atoms with Crippen LogP contribution in [-0.2, 0) is 6.54 Å². The van der Waals surface area contributed by atoms with Crippen LogP contribution in [-0.4, -0.2) is 88.7 Å². The Balaban J connectivity index is 1.37. The number of aromatic nitrogens is 6. The quantitative estimate of drug-likeness (QED) is 0.625. The van der Waals surface area contributed by atoms with E-state index in [2.05, 4.69) is 25.3 Å². The van der Waals surface area contributed by atoms with Crippen LogP contribution in [0.2, 0.25) is 0 Å². The minimum Gasteiger partial charge on any atom is -0.391 e. The second-order valence-corrected chi connectivity index (χ2v) is 8.34. The topological polar surface area (TPSA) is 125 Å². The second-order valence-electron chi connectivity index (χ2n) is 8.34. The normalized spacial score (nSPS) is 21.0. The largest absolute Gasteiger partial charge is 0.391 e. The first-order chi connectivity index (χ1) is 15.5. The van der Waals surface area contributed by atoms with Crippen LogP contribution < -0.4 is 5.32 Å². The Labute approximate surface area is 185 Å². The number of aliphatic hydroxyl groups is 1. The van der Waals surface area contributed by atoms with Crippen LogP contribution in [0, 0.1) is 6.92 Å². The van der Waals surface area contributed by atoms with E-state index < -0.39 is 6.10 Å². The molecule has 2 N–H and O–H groups in total. The van der Waals surface area contributed by atoms with Crippen molar-refractivity contribution in [3.63, 3.8) is 0 Å². The number of urea groups is 1. The van der Waals surface area contributed by atoms with Gasteiger partial charge >= 0.3 is 6.03 Å². The maximum Gasteiger partial charge on any atom is 0.320 e. The SMILES string of the molecule is CCn1c(-c2cnc(C)nc2)nc2c(NC3CCN(C(=O)N4CCC(O)C4)C3)ncnc21. The van der Waals surface area contributed by atoms with Crippen molar-refractivity contribution in [3.05, 3.63) is 24.5 Å². The molecule has 168 valence electrons. The summed E-state index contributed by atoms with van der Waals surface area (Å²) in [5, 5.41) is 13.2. The van der Waals surface area contributed by atoms with Crippen LogP contribution >= 0.6 is 0 Å². The summed E-state index contributed by atoms with van der Waals surface area (Å²) in [7, 11) is 0. The molecule has 5 heterocycles. The fourth-order valence-electron chi connectivity index (χ4n) is 4.43. The molecule has 0 aliphatic carbocycles. The molecule has 2 saturated heterocycles. The van der Waals surface area contributed by atoms with E-state index in [9.17, 15) is 9.90 Å². The van der Waals surface area contributed by atoms with Crippen molar-refractivity contribution in [2.45, 2.75) is 45.4 Å². The highest BCUT2D eigenvalue weighted by atomic mass is 16.3. The van der Waals surface area contributed by atoms with Gasteiger partial charge in [0.05, 0.1) is 11.7 Å². The Hall–Kier alpha value is -3.34. The minimum absolute atomic E-state index is 0.00407. The van der Waals surface area contributed by atoms with Crippen LogP contribution in [0.15, 0.2) is 18.7 Å². The molecule has 0 aromatic carbocycles. The van der Waals surface area contributed by atoms with E-state index in [1.165, 1.54) is 6.33 Å². The lowest BCUT2D eigenvalue weighted by Gasteiger charge is -2.24. The van der Waals surface area contributed by atoms with Crippen molar-refractivity contribution < 1.29 is 9.90 Å². The molecular weight excluding hydrogens is 410 g/mol. The molecule has 2 aliphatic heterocycles. The second kappa shape index (κ2) is 8.30. The van der Waals surface area contributed by atoms with E-state index in [0.29, 0.717) is 56.3 Å². The molecule has 0 spiro atoms. The summed E-state index contributed by atoms with van der Waals surface area (Å²) in [6.07, 6.45) is 6.14. The molecule has 2 fully saturated rings. The molecule has 2 atom stereocenters. The predicted molar refractivity (Wildman–Crippen MR) is 118 cm³/mol. The number of carbonyl (C=O) groups excluding carboxylic acids is 1. The van der Waals surface area contributed by atoms with Crippen molar-refractivity contribution >= 4 is 23.0 Å². The number of anilines is 1. The van der Waals surface area contributed by atoms with E-state index in [0.717, 1.165) is 23.5 Å². The summed E-state index contributed by atoms with van der Waals surface area (Å²) < 4.78 is 2.03. The van der Waals surface area contributed by atoms with Gasteiger partial charge in [-0.25, -0.2) is 29.7 Å². The van der Waals surface area contributed by atoms with Crippen molar-refractivity contribution in [1.82, 2.24) is 39.3 Å². The highest BCUT2D eigenvalue weighted by Crippen LogP contribution is 2.27. The van der Waals surface area contributed by atoms with E-state index in [-0.39, 0.29) is 12.1 Å².